The smallest absolute Gasteiger partial charge is 0.179 e. The van der Waals surface area contributed by atoms with E-state index in [0.29, 0.717) is 17.0 Å². The largest absolute Gasteiger partial charge is 0.377 e. The van der Waals surface area contributed by atoms with Crippen LogP contribution in [0.25, 0.3) is 11.2 Å². The molecular formula is C12H13N3OS. The SMILES string of the molecule is CC1OCCC1Sc1ccc2nccnc2n1. The summed E-state index contributed by atoms with van der Waals surface area (Å²) in [6.45, 7) is 2.97. The van der Waals surface area contributed by atoms with Gasteiger partial charge in [-0.1, -0.05) is 0 Å². The first kappa shape index (κ1) is 10.9. The molecule has 5 heteroatoms. The fourth-order valence-electron chi connectivity index (χ4n) is 1.92. The normalized spacial score (nSPS) is 24.3. The molecule has 1 fully saturated rings. The molecule has 2 aromatic heterocycles. The summed E-state index contributed by atoms with van der Waals surface area (Å²) in [6, 6.07) is 3.98. The van der Waals surface area contributed by atoms with Gasteiger partial charge in [0.05, 0.1) is 11.1 Å². The van der Waals surface area contributed by atoms with Crippen LogP contribution >= 0.6 is 11.8 Å². The number of ether oxygens (including phenoxy) is 1. The fourth-order valence-corrected chi connectivity index (χ4v) is 3.00. The highest BCUT2D eigenvalue weighted by atomic mass is 32.2. The molecule has 0 amide bonds. The summed E-state index contributed by atoms with van der Waals surface area (Å²) in [6.07, 6.45) is 4.75. The Labute approximate surface area is 104 Å². The van der Waals surface area contributed by atoms with Crippen molar-refractivity contribution in [2.45, 2.75) is 29.7 Å². The highest BCUT2D eigenvalue weighted by Gasteiger charge is 2.25. The minimum atomic E-state index is 0.305. The molecule has 0 bridgehead atoms. The van der Waals surface area contributed by atoms with E-state index in [9.17, 15) is 0 Å². The second-order valence-corrected chi connectivity index (χ2v) is 5.33. The third-order valence-corrected chi connectivity index (χ3v) is 4.28. The van der Waals surface area contributed by atoms with Crippen LogP contribution in [-0.2, 0) is 4.74 Å². The van der Waals surface area contributed by atoms with Gasteiger partial charge in [0, 0.05) is 24.3 Å². The summed E-state index contributed by atoms with van der Waals surface area (Å²) < 4.78 is 5.55. The molecule has 1 aliphatic rings. The second-order valence-electron chi connectivity index (χ2n) is 4.07. The van der Waals surface area contributed by atoms with Gasteiger partial charge < -0.3 is 4.74 Å². The second kappa shape index (κ2) is 4.58. The molecule has 88 valence electrons. The van der Waals surface area contributed by atoms with E-state index in [1.807, 2.05) is 12.1 Å². The Morgan fingerprint density at radius 2 is 2.18 bits per heavy atom. The van der Waals surface area contributed by atoms with Crippen LogP contribution in [0.2, 0.25) is 0 Å². The zero-order chi connectivity index (χ0) is 11.7. The van der Waals surface area contributed by atoms with E-state index < -0.39 is 0 Å². The van der Waals surface area contributed by atoms with Crippen LogP contribution in [0.1, 0.15) is 13.3 Å². The summed E-state index contributed by atoms with van der Waals surface area (Å²) in [5.41, 5.74) is 1.55. The van der Waals surface area contributed by atoms with E-state index in [1.165, 1.54) is 0 Å². The molecule has 2 aromatic rings. The zero-order valence-corrected chi connectivity index (χ0v) is 10.4. The van der Waals surface area contributed by atoms with Crippen LogP contribution < -0.4 is 0 Å². The van der Waals surface area contributed by atoms with Gasteiger partial charge in [-0.25, -0.2) is 9.97 Å². The molecule has 0 N–H and O–H groups in total. The Kier molecular flexibility index (Phi) is 2.94. The lowest BCUT2D eigenvalue weighted by atomic mass is 10.3. The molecule has 0 spiro atoms. The number of fused-ring (bicyclic) bond motifs is 1. The number of aromatic nitrogens is 3. The first-order valence-electron chi connectivity index (χ1n) is 5.69. The highest BCUT2D eigenvalue weighted by molar-refractivity contribution is 7.99. The van der Waals surface area contributed by atoms with Crippen molar-refractivity contribution in [3.63, 3.8) is 0 Å². The minimum absolute atomic E-state index is 0.305. The maximum absolute atomic E-state index is 5.55. The van der Waals surface area contributed by atoms with Gasteiger partial charge in [-0.2, -0.15) is 0 Å². The van der Waals surface area contributed by atoms with E-state index >= 15 is 0 Å². The molecule has 0 aromatic carbocycles. The van der Waals surface area contributed by atoms with E-state index in [1.54, 1.807) is 24.2 Å². The van der Waals surface area contributed by atoms with Gasteiger partial charge in [0.1, 0.15) is 5.52 Å². The van der Waals surface area contributed by atoms with Crippen LogP contribution in [-0.4, -0.2) is 32.9 Å². The topological polar surface area (TPSA) is 47.9 Å². The molecular weight excluding hydrogens is 234 g/mol. The molecule has 17 heavy (non-hydrogen) atoms. The Hall–Kier alpha value is -1.20. The monoisotopic (exact) mass is 247 g/mol. The standard InChI is InChI=1S/C12H13N3OS/c1-8-10(4-7-16-8)17-11-3-2-9-12(15-11)14-6-5-13-9/h2-3,5-6,8,10H,4,7H2,1H3. The molecule has 2 atom stereocenters. The van der Waals surface area contributed by atoms with Crippen molar-refractivity contribution < 1.29 is 4.74 Å². The third kappa shape index (κ3) is 2.25. The van der Waals surface area contributed by atoms with Crippen molar-refractivity contribution >= 4 is 22.9 Å². The fraction of sp³-hybridized carbons (Fsp3) is 0.417. The molecule has 3 heterocycles. The van der Waals surface area contributed by atoms with Crippen LogP contribution in [0.5, 0.6) is 0 Å². The van der Waals surface area contributed by atoms with Gasteiger partial charge in [-0.15, -0.1) is 11.8 Å². The first-order valence-corrected chi connectivity index (χ1v) is 6.57. The Bertz CT molecular complexity index is 534. The van der Waals surface area contributed by atoms with E-state index in [-0.39, 0.29) is 0 Å². The first-order chi connectivity index (χ1) is 8.33. The Morgan fingerprint density at radius 1 is 1.29 bits per heavy atom. The van der Waals surface area contributed by atoms with Gasteiger partial charge in [0.15, 0.2) is 5.65 Å². The summed E-state index contributed by atoms with van der Waals surface area (Å²) in [5, 5.41) is 1.50. The van der Waals surface area contributed by atoms with Gasteiger partial charge >= 0.3 is 0 Å². The maximum atomic E-state index is 5.55. The molecule has 2 unspecified atom stereocenters. The van der Waals surface area contributed by atoms with Gasteiger partial charge in [0.2, 0.25) is 0 Å². The lowest BCUT2D eigenvalue weighted by Gasteiger charge is -2.12. The highest BCUT2D eigenvalue weighted by Crippen LogP contribution is 2.31. The van der Waals surface area contributed by atoms with Crippen LogP contribution in [0, 0.1) is 0 Å². The molecule has 1 saturated heterocycles. The molecule has 0 saturated carbocycles. The predicted molar refractivity (Wildman–Crippen MR) is 67.0 cm³/mol. The average molecular weight is 247 g/mol. The van der Waals surface area contributed by atoms with Crippen molar-refractivity contribution in [1.82, 2.24) is 15.0 Å². The summed E-state index contributed by atoms with van der Waals surface area (Å²) >= 11 is 1.77. The van der Waals surface area contributed by atoms with E-state index in [4.69, 9.17) is 4.74 Å². The molecule has 1 aliphatic heterocycles. The van der Waals surface area contributed by atoms with Crippen molar-refractivity contribution in [2.75, 3.05) is 6.61 Å². The molecule has 4 nitrogen and oxygen atoms in total. The lowest BCUT2D eigenvalue weighted by molar-refractivity contribution is 0.127. The maximum Gasteiger partial charge on any atom is 0.179 e. The molecule has 0 aliphatic carbocycles. The minimum Gasteiger partial charge on any atom is -0.377 e. The quantitative estimate of drug-likeness (QED) is 0.815. The third-order valence-electron chi connectivity index (χ3n) is 2.88. The molecule has 3 rings (SSSR count). The summed E-state index contributed by atoms with van der Waals surface area (Å²) in [5.74, 6) is 0. The number of hydrogen-bond donors (Lipinski definition) is 0. The van der Waals surface area contributed by atoms with Crippen LogP contribution in [0.15, 0.2) is 29.6 Å². The van der Waals surface area contributed by atoms with E-state index in [0.717, 1.165) is 23.6 Å². The number of pyridine rings is 1. The summed E-state index contributed by atoms with van der Waals surface area (Å²) in [7, 11) is 0. The van der Waals surface area contributed by atoms with Crippen molar-refractivity contribution in [2.24, 2.45) is 0 Å². The van der Waals surface area contributed by atoms with E-state index in [2.05, 4.69) is 21.9 Å². The van der Waals surface area contributed by atoms with Gasteiger partial charge in [-0.3, -0.25) is 4.98 Å². The number of hydrogen-bond acceptors (Lipinski definition) is 5. The van der Waals surface area contributed by atoms with Crippen molar-refractivity contribution in [1.29, 1.82) is 0 Å². The van der Waals surface area contributed by atoms with Gasteiger partial charge in [-0.05, 0) is 25.5 Å². The molecule has 0 radical (unpaired) electrons. The zero-order valence-electron chi connectivity index (χ0n) is 9.54. The predicted octanol–water partition coefficient (Wildman–Crippen LogP) is 2.29. The van der Waals surface area contributed by atoms with Crippen LogP contribution in [0.4, 0.5) is 0 Å². The number of thioether (sulfide) groups is 1. The van der Waals surface area contributed by atoms with Gasteiger partial charge in [0.25, 0.3) is 0 Å². The lowest BCUT2D eigenvalue weighted by Crippen LogP contribution is -2.13. The van der Waals surface area contributed by atoms with Crippen LogP contribution in [0.3, 0.4) is 0 Å². The Balaban J connectivity index is 1.85. The number of nitrogens with zero attached hydrogens (tertiary/aromatic N) is 3. The average Bonchev–Trinajstić information content (AvgIpc) is 2.75. The number of rotatable bonds is 2. The van der Waals surface area contributed by atoms with Crippen molar-refractivity contribution in [3.05, 3.63) is 24.5 Å². The van der Waals surface area contributed by atoms with Crippen molar-refractivity contribution in [3.8, 4) is 0 Å². The summed E-state index contributed by atoms with van der Waals surface area (Å²) in [4.78, 5) is 12.9. The Morgan fingerprint density at radius 3 is 3.00 bits per heavy atom.